The monoisotopic (exact) mass is 220 g/mol. The van der Waals surface area contributed by atoms with Crippen LogP contribution in [0.15, 0.2) is 53.8 Å². The summed E-state index contributed by atoms with van der Waals surface area (Å²) in [5.74, 6) is 0. The summed E-state index contributed by atoms with van der Waals surface area (Å²) in [6.07, 6.45) is 1.74. The predicted octanol–water partition coefficient (Wildman–Crippen LogP) is 4.33. The van der Waals surface area contributed by atoms with E-state index in [2.05, 4.69) is 15.0 Å². The van der Waals surface area contributed by atoms with Crippen molar-refractivity contribution in [3.8, 4) is 0 Å². The van der Waals surface area contributed by atoms with E-state index in [1.807, 2.05) is 36.4 Å². The van der Waals surface area contributed by atoms with Crippen LogP contribution in [0, 0.1) is 0 Å². The molecule has 2 aromatic carbocycles. The van der Waals surface area contributed by atoms with E-state index in [0.29, 0.717) is 5.69 Å². The highest BCUT2D eigenvalue weighted by atomic mass is 15.1. The van der Waals surface area contributed by atoms with E-state index in [4.69, 9.17) is 5.53 Å². The van der Waals surface area contributed by atoms with Crippen molar-refractivity contribution in [1.29, 1.82) is 0 Å². The Hall–Kier alpha value is -2.58. The Morgan fingerprint density at radius 1 is 1.00 bits per heavy atom. The number of rotatable bonds is 1. The zero-order chi connectivity index (χ0) is 11.7. The molecule has 1 heterocycles. The molecule has 0 spiro atoms. The number of aromatic nitrogens is 1. The highest BCUT2D eigenvalue weighted by Crippen LogP contribution is 2.31. The van der Waals surface area contributed by atoms with Crippen LogP contribution < -0.4 is 0 Å². The Morgan fingerprint density at radius 2 is 1.82 bits per heavy atom. The van der Waals surface area contributed by atoms with Gasteiger partial charge in [-0.05, 0) is 17.0 Å². The van der Waals surface area contributed by atoms with Crippen molar-refractivity contribution in [3.63, 3.8) is 0 Å². The van der Waals surface area contributed by atoms with Crippen LogP contribution in [0.3, 0.4) is 0 Å². The van der Waals surface area contributed by atoms with Gasteiger partial charge in [-0.3, -0.25) is 4.98 Å². The first-order valence-electron chi connectivity index (χ1n) is 5.22. The van der Waals surface area contributed by atoms with Gasteiger partial charge in [-0.15, -0.1) is 0 Å². The van der Waals surface area contributed by atoms with E-state index in [9.17, 15) is 0 Å². The first kappa shape index (κ1) is 9.63. The quantitative estimate of drug-likeness (QED) is 0.260. The van der Waals surface area contributed by atoms with Crippen LogP contribution in [0.5, 0.6) is 0 Å². The van der Waals surface area contributed by atoms with Crippen molar-refractivity contribution in [2.75, 3.05) is 0 Å². The van der Waals surface area contributed by atoms with Crippen molar-refractivity contribution < 1.29 is 0 Å². The molecule has 80 valence electrons. The van der Waals surface area contributed by atoms with E-state index in [1.165, 1.54) is 0 Å². The molecule has 0 atom stereocenters. The third-order valence-electron chi connectivity index (χ3n) is 2.75. The second-order valence-electron chi connectivity index (χ2n) is 3.71. The summed E-state index contributed by atoms with van der Waals surface area (Å²) in [5.41, 5.74) is 10.1. The van der Waals surface area contributed by atoms with Crippen molar-refractivity contribution in [2.45, 2.75) is 0 Å². The van der Waals surface area contributed by atoms with Gasteiger partial charge in [-0.1, -0.05) is 41.5 Å². The van der Waals surface area contributed by atoms with E-state index < -0.39 is 0 Å². The van der Waals surface area contributed by atoms with Gasteiger partial charge in [0.05, 0.1) is 5.52 Å². The highest BCUT2D eigenvalue weighted by molar-refractivity contribution is 6.10. The summed E-state index contributed by atoms with van der Waals surface area (Å²) in [7, 11) is 0. The minimum absolute atomic E-state index is 0.620. The molecule has 0 fully saturated rings. The first-order chi connectivity index (χ1) is 8.40. The summed E-state index contributed by atoms with van der Waals surface area (Å²) < 4.78 is 0. The lowest BCUT2D eigenvalue weighted by atomic mass is 10.0. The van der Waals surface area contributed by atoms with Gasteiger partial charge < -0.3 is 0 Å². The molecule has 0 radical (unpaired) electrons. The average Bonchev–Trinajstić information content (AvgIpc) is 2.39. The molecule has 0 aliphatic rings. The van der Waals surface area contributed by atoms with E-state index >= 15 is 0 Å². The number of hydrogen-bond donors (Lipinski definition) is 0. The summed E-state index contributed by atoms with van der Waals surface area (Å²) in [6, 6.07) is 13.6. The fourth-order valence-corrected chi connectivity index (χ4v) is 2.03. The van der Waals surface area contributed by atoms with Gasteiger partial charge in [-0.25, -0.2) is 0 Å². The van der Waals surface area contributed by atoms with E-state index in [-0.39, 0.29) is 0 Å². The minimum Gasteiger partial charge on any atom is -0.256 e. The maximum Gasteiger partial charge on any atom is 0.0784 e. The van der Waals surface area contributed by atoms with Crippen LogP contribution >= 0.6 is 0 Å². The van der Waals surface area contributed by atoms with Crippen LogP contribution in [0.4, 0.5) is 5.69 Å². The third kappa shape index (κ3) is 1.48. The molecule has 17 heavy (non-hydrogen) atoms. The largest absolute Gasteiger partial charge is 0.256 e. The maximum absolute atomic E-state index is 8.59. The molecule has 4 nitrogen and oxygen atoms in total. The van der Waals surface area contributed by atoms with Crippen LogP contribution in [-0.4, -0.2) is 4.98 Å². The molecular formula is C13H8N4. The number of nitrogens with zero attached hydrogens (tertiary/aromatic N) is 4. The third-order valence-corrected chi connectivity index (χ3v) is 2.75. The molecule has 0 saturated heterocycles. The Labute approximate surface area is 97.1 Å². The summed E-state index contributed by atoms with van der Waals surface area (Å²) in [4.78, 5) is 7.23. The molecule has 0 unspecified atom stereocenters. The zero-order valence-corrected chi connectivity index (χ0v) is 8.91. The molecular weight excluding hydrogens is 212 g/mol. The van der Waals surface area contributed by atoms with E-state index in [0.717, 1.165) is 21.7 Å². The van der Waals surface area contributed by atoms with Crippen molar-refractivity contribution >= 4 is 27.4 Å². The molecule has 0 N–H and O–H groups in total. The Morgan fingerprint density at radius 3 is 2.71 bits per heavy atom. The molecule has 0 saturated carbocycles. The smallest absolute Gasteiger partial charge is 0.0784 e. The molecule has 0 bridgehead atoms. The SMILES string of the molecule is [N-]=[N+]=Nc1cccc2ccc3cccnc3c12. The maximum atomic E-state index is 8.59. The lowest BCUT2D eigenvalue weighted by molar-refractivity contribution is 1.42. The Balaban J connectivity index is 2.58. The van der Waals surface area contributed by atoms with Gasteiger partial charge in [0.2, 0.25) is 0 Å². The van der Waals surface area contributed by atoms with Crippen molar-refractivity contribution in [2.24, 2.45) is 5.11 Å². The molecule has 3 aromatic rings. The first-order valence-corrected chi connectivity index (χ1v) is 5.22. The fraction of sp³-hybridized carbons (Fsp3) is 0. The van der Waals surface area contributed by atoms with Gasteiger partial charge in [-0.2, -0.15) is 0 Å². The van der Waals surface area contributed by atoms with Crippen LogP contribution in [0.25, 0.3) is 32.1 Å². The lowest BCUT2D eigenvalue weighted by Gasteiger charge is -2.04. The number of fused-ring (bicyclic) bond motifs is 3. The molecule has 1 aromatic heterocycles. The summed E-state index contributed by atoms with van der Waals surface area (Å²) in [5, 5.41) is 6.70. The van der Waals surface area contributed by atoms with Gasteiger partial charge in [0.15, 0.2) is 0 Å². The van der Waals surface area contributed by atoms with Crippen LogP contribution in [0.2, 0.25) is 0 Å². The van der Waals surface area contributed by atoms with Gasteiger partial charge in [0.25, 0.3) is 0 Å². The zero-order valence-electron chi connectivity index (χ0n) is 8.91. The van der Waals surface area contributed by atoms with Gasteiger partial charge in [0.1, 0.15) is 0 Å². The molecule has 4 heteroatoms. The lowest BCUT2D eigenvalue weighted by Crippen LogP contribution is -1.81. The fourth-order valence-electron chi connectivity index (χ4n) is 2.03. The Bertz CT molecular complexity index is 758. The number of pyridine rings is 1. The molecule has 0 aliphatic carbocycles. The normalized spacial score (nSPS) is 10.4. The van der Waals surface area contributed by atoms with E-state index in [1.54, 1.807) is 12.3 Å². The molecule has 3 rings (SSSR count). The van der Waals surface area contributed by atoms with Gasteiger partial charge in [0, 0.05) is 27.6 Å². The van der Waals surface area contributed by atoms with Crippen LogP contribution in [-0.2, 0) is 0 Å². The van der Waals surface area contributed by atoms with Crippen LogP contribution in [0.1, 0.15) is 0 Å². The average molecular weight is 220 g/mol. The predicted molar refractivity (Wildman–Crippen MR) is 68.1 cm³/mol. The van der Waals surface area contributed by atoms with Gasteiger partial charge >= 0.3 is 0 Å². The molecule has 0 amide bonds. The summed E-state index contributed by atoms with van der Waals surface area (Å²) >= 11 is 0. The van der Waals surface area contributed by atoms with Crippen molar-refractivity contribution in [3.05, 3.63) is 59.1 Å². The minimum atomic E-state index is 0.620. The summed E-state index contributed by atoms with van der Waals surface area (Å²) in [6.45, 7) is 0. The second-order valence-corrected chi connectivity index (χ2v) is 3.71. The van der Waals surface area contributed by atoms with Crippen molar-refractivity contribution in [1.82, 2.24) is 4.98 Å². The topological polar surface area (TPSA) is 61.7 Å². The number of benzene rings is 2. The molecule has 0 aliphatic heterocycles. The standard InChI is InChI=1S/C13H8N4/c14-17-16-11-5-1-3-9-6-7-10-4-2-8-15-13(10)12(9)11/h1-8H. The highest BCUT2D eigenvalue weighted by Gasteiger charge is 2.04. The second kappa shape index (κ2) is 3.77. The number of hydrogen-bond acceptors (Lipinski definition) is 2. The Kier molecular flexibility index (Phi) is 2.14. The number of azide groups is 1.